The molecule has 1 heterocycles. The number of methoxy groups -OCH3 is 1. The molecule has 5 nitrogen and oxygen atoms in total. The molecule has 1 aromatic carbocycles. The first-order chi connectivity index (χ1) is 9.11. The van der Waals surface area contributed by atoms with Crippen LogP contribution in [-0.4, -0.2) is 18.0 Å². The molecule has 6 heteroatoms. The number of carbonyl (C=O) groups is 1. The Morgan fingerprint density at radius 2 is 2.16 bits per heavy atom. The van der Waals surface area contributed by atoms with Gasteiger partial charge in [0.25, 0.3) is 5.91 Å². The van der Waals surface area contributed by atoms with Crippen molar-refractivity contribution in [1.29, 1.82) is 0 Å². The lowest BCUT2D eigenvalue weighted by molar-refractivity contribution is 0.102. The predicted octanol–water partition coefficient (Wildman–Crippen LogP) is 2.69. The number of nitrogens with one attached hydrogen (secondary N) is 1. The van der Waals surface area contributed by atoms with Crippen LogP contribution in [0.2, 0.25) is 0 Å². The molecule has 0 bridgehead atoms. The molecule has 98 valence electrons. The van der Waals surface area contributed by atoms with Gasteiger partial charge in [0.15, 0.2) is 0 Å². The summed E-state index contributed by atoms with van der Waals surface area (Å²) in [7, 11) is 1.49. The minimum Gasteiger partial charge on any atom is -0.496 e. The van der Waals surface area contributed by atoms with Gasteiger partial charge in [0.2, 0.25) is 0 Å². The summed E-state index contributed by atoms with van der Waals surface area (Å²) in [6, 6.07) is 8.53. The number of carbonyl (C=O) groups excluding carboxylic acids is 1. The van der Waals surface area contributed by atoms with Crippen LogP contribution in [0.5, 0.6) is 5.75 Å². The number of halogens is 1. The number of anilines is 2. The Hall–Kier alpha value is -2.08. The minimum atomic E-state index is -0.357. The highest BCUT2D eigenvalue weighted by Gasteiger charge is 2.16. The fourth-order valence-corrected chi connectivity index (χ4v) is 1.82. The highest BCUT2D eigenvalue weighted by molar-refractivity contribution is 9.10. The Balaban J connectivity index is 2.27. The Kier molecular flexibility index (Phi) is 4.01. The number of benzene rings is 1. The number of aromatic nitrogens is 1. The Labute approximate surface area is 118 Å². The number of ether oxygens (including phenoxy) is 1. The van der Waals surface area contributed by atoms with Gasteiger partial charge in [-0.3, -0.25) is 4.79 Å². The maximum absolute atomic E-state index is 12.2. The van der Waals surface area contributed by atoms with Crippen LogP contribution in [0.4, 0.5) is 11.5 Å². The summed E-state index contributed by atoms with van der Waals surface area (Å²) in [4.78, 5) is 16.2. The summed E-state index contributed by atoms with van der Waals surface area (Å²) in [6.45, 7) is 0. The zero-order chi connectivity index (χ0) is 13.8. The molecule has 0 fully saturated rings. The van der Waals surface area contributed by atoms with E-state index >= 15 is 0 Å². The monoisotopic (exact) mass is 321 g/mol. The number of nitrogens with zero attached hydrogens (tertiary/aromatic N) is 1. The van der Waals surface area contributed by atoms with Gasteiger partial charge in [0.05, 0.1) is 7.11 Å². The summed E-state index contributed by atoms with van der Waals surface area (Å²) in [6.07, 6.45) is 1.60. The average molecular weight is 322 g/mol. The first-order valence-corrected chi connectivity index (χ1v) is 6.26. The van der Waals surface area contributed by atoms with Crippen LogP contribution < -0.4 is 15.8 Å². The third-order valence-electron chi connectivity index (χ3n) is 2.47. The Morgan fingerprint density at radius 1 is 1.37 bits per heavy atom. The van der Waals surface area contributed by atoms with Crippen molar-refractivity contribution in [2.75, 3.05) is 18.2 Å². The van der Waals surface area contributed by atoms with E-state index in [9.17, 15) is 4.79 Å². The summed E-state index contributed by atoms with van der Waals surface area (Å²) in [5.41, 5.74) is 6.46. The molecule has 0 radical (unpaired) electrons. The largest absolute Gasteiger partial charge is 0.496 e. The average Bonchev–Trinajstić information content (AvgIpc) is 2.40. The van der Waals surface area contributed by atoms with Gasteiger partial charge < -0.3 is 15.8 Å². The molecule has 19 heavy (non-hydrogen) atoms. The molecular formula is C13H12BrN3O2. The molecule has 1 amide bonds. The number of nitrogen functional groups attached to an aromatic ring is 1. The van der Waals surface area contributed by atoms with E-state index in [4.69, 9.17) is 10.5 Å². The fraction of sp³-hybridized carbons (Fsp3) is 0.0769. The van der Waals surface area contributed by atoms with Crippen LogP contribution >= 0.6 is 15.9 Å². The van der Waals surface area contributed by atoms with Gasteiger partial charge in [0, 0.05) is 16.4 Å². The molecule has 0 saturated carbocycles. The van der Waals surface area contributed by atoms with Crippen LogP contribution in [0.3, 0.4) is 0 Å². The number of rotatable bonds is 3. The van der Waals surface area contributed by atoms with E-state index < -0.39 is 0 Å². The van der Waals surface area contributed by atoms with Crippen molar-refractivity contribution in [1.82, 2.24) is 4.98 Å². The molecule has 0 spiro atoms. The van der Waals surface area contributed by atoms with Crippen molar-refractivity contribution in [3.8, 4) is 5.75 Å². The Bertz CT molecular complexity index is 599. The van der Waals surface area contributed by atoms with Crippen molar-refractivity contribution in [3.05, 3.63) is 46.6 Å². The lowest BCUT2D eigenvalue weighted by atomic mass is 10.1. The van der Waals surface area contributed by atoms with E-state index in [0.29, 0.717) is 22.8 Å². The highest BCUT2D eigenvalue weighted by Crippen LogP contribution is 2.25. The highest BCUT2D eigenvalue weighted by atomic mass is 79.9. The topological polar surface area (TPSA) is 77.2 Å². The summed E-state index contributed by atoms with van der Waals surface area (Å²) in [5.74, 6) is 0.512. The standard InChI is InChI=1S/C13H12BrN3O2/c1-19-10-4-2-3-9(15)12(10)13(18)17-11-6-5-8(14)7-16-11/h2-7H,15H2,1H3,(H,16,17,18). The predicted molar refractivity (Wildman–Crippen MR) is 77.3 cm³/mol. The molecule has 0 atom stereocenters. The molecule has 0 aliphatic rings. The maximum atomic E-state index is 12.2. The molecule has 2 rings (SSSR count). The number of nitrogens with two attached hydrogens (primary N) is 1. The second kappa shape index (κ2) is 5.71. The second-order valence-electron chi connectivity index (χ2n) is 3.74. The lowest BCUT2D eigenvalue weighted by Gasteiger charge is -2.11. The van der Waals surface area contributed by atoms with Crippen molar-refractivity contribution in [2.24, 2.45) is 0 Å². The summed E-state index contributed by atoms with van der Waals surface area (Å²) < 4.78 is 5.97. The second-order valence-corrected chi connectivity index (χ2v) is 4.66. The lowest BCUT2D eigenvalue weighted by Crippen LogP contribution is -2.16. The van der Waals surface area contributed by atoms with E-state index in [2.05, 4.69) is 26.2 Å². The van der Waals surface area contributed by atoms with Crippen LogP contribution in [0, 0.1) is 0 Å². The smallest absolute Gasteiger partial charge is 0.262 e. The SMILES string of the molecule is COc1cccc(N)c1C(=O)Nc1ccc(Br)cn1. The summed E-state index contributed by atoms with van der Waals surface area (Å²) in [5, 5.41) is 2.67. The van der Waals surface area contributed by atoms with Crippen LogP contribution in [-0.2, 0) is 0 Å². The van der Waals surface area contributed by atoms with Crippen molar-refractivity contribution in [2.45, 2.75) is 0 Å². The van der Waals surface area contributed by atoms with Gasteiger partial charge >= 0.3 is 0 Å². The first kappa shape index (κ1) is 13.4. The van der Waals surface area contributed by atoms with E-state index in [-0.39, 0.29) is 5.91 Å². The van der Waals surface area contributed by atoms with Gasteiger partial charge in [-0.05, 0) is 40.2 Å². The van der Waals surface area contributed by atoms with E-state index in [1.165, 1.54) is 7.11 Å². The zero-order valence-corrected chi connectivity index (χ0v) is 11.8. The molecule has 0 aliphatic heterocycles. The van der Waals surface area contributed by atoms with Crippen LogP contribution in [0.15, 0.2) is 41.0 Å². The molecule has 1 aromatic heterocycles. The third-order valence-corrected chi connectivity index (χ3v) is 2.94. The van der Waals surface area contributed by atoms with Crippen molar-refractivity contribution >= 4 is 33.3 Å². The molecule has 0 aliphatic carbocycles. The first-order valence-electron chi connectivity index (χ1n) is 5.47. The van der Waals surface area contributed by atoms with Crippen molar-refractivity contribution < 1.29 is 9.53 Å². The zero-order valence-electron chi connectivity index (χ0n) is 10.2. The van der Waals surface area contributed by atoms with Gasteiger partial charge in [-0.15, -0.1) is 0 Å². The van der Waals surface area contributed by atoms with E-state index in [1.807, 2.05) is 0 Å². The van der Waals surface area contributed by atoms with Gasteiger partial charge in [-0.1, -0.05) is 6.07 Å². The molecule has 0 saturated heterocycles. The van der Waals surface area contributed by atoms with Gasteiger partial charge in [-0.2, -0.15) is 0 Å². The van der Waals surface area contributed by atoms with Gasteiger partial charge in [-0.25, -0.2) is 4.98 Å². The summed E-state index contributed by atoms with van der Waals surface area (Å²) >= 11 is 3.28. The van der Waals surface area contributed by atoms with Crippen molar-refractivity contribution in [3.63, 3.8) is 0 Å². The van der Waals surface area contributed by atoms with Crippen LogP contribution in [0.1, 0.15) is 10.4 Å². The number of hydrogen-bond acceptors (Lipinski definition) is 4. The van der Waals surface area contributed by atoms with E-state index in [1.54, 1.807) is 36.5 Å². The number of pyridine rings is 1. The quantitative estimate of drug-likeness (QED) is 0.852. The Morgan fingerprint density at radius 3 is 2.79 bits per heavy atom. The third kappa shape index (κ3) is 3.03. The molecular weight excluding hydrogens is 310 g/mol. The number of amides is 1. The molecule has 2 aromatic rings. The molecule has 3 N–H and O–H groups in total. The fourth-order valence-electron chi connectivity index (χ4n) is 1.59. The maximum Gasteiger partial charge on any atom is 0.262 e. The molecule has 0 unspecified atom stereocenters. The number of hydrogen-bond donors (Lipinski definition) is 2. The normalized spacial score (nSPS) is 10.0. The van der Waals surface area contributed by atoms with E-state index in [0.717, 1.165) is 4.47 Å². The van der Waals surface area contributed by atoms with Gasteiger partial charge in [0.1, 0.15) is 17.1 Å². The van der Waals surface area contributed by atoms with Crippen LogP contribution in [0.25, 0.3) is 0 Å². The minimum absolute atomic E-state index is 0.301.